The Kier molecular flexibility index (Phi) is 160. The van der Waals surface area contributed by atoms with E-state index in [0.29, 0.717) is 92.5 Å². The fourth-order valence-corrected chi connectivity index (χ4v) is 4.94. The van der Waals surface area contributed by atoms with E-state index >= 15 is 0 Å². The van der Waals surface area contributed by atoms with Crippen LogP contribution in [0.4, 0.5) is 0 Å². The van der Waals surface area contributed by atoms with Crippen LogP contribution < -0.4 is 0 Å². The van der Waals surface area contributed by atoms with Gasteiger partial charge in [0.05, 0.1) is 26.4 Å². The highest BCUT2D eigenvalue weighted by Gasteiger charge is 2.34. The standard InChI is InChI=1S/C38H78O10.16CH4/c1-9-19-39-29-33(43-21-11-3)37(47-25-15-7)35(45-23-13-5)31-41-27-17-18-28-42-32-36(46-24-14-6)38(48-26-16-8)34(44-22-12-4)30-40-20-10-2;;;;;;;;;;;;;;;;/h33-38H,9-32H2,1-8H3;16*1H4. The number of ether oxygens (including phenoxy) is 10. The molecule has 6 atom stereocenters. The molecule has 64 heavy (non-hydrogen) atoms. The second-order valence-electron chi connectivity index (χ2n) is 12.3. The van der Waals surface area contributed by atoms with E-state index in [1.165, 1.54) is 0 Å². The predicted octanol–water partition coefficient (Wildman–Crippen LogP) is 17.6. The third kappa shape index (κ3) is 61.6. The molecular formula is C54H142O10. The Morgan fingerprint density at radius 3 is 0.578 bits per heavy atom. The van der Waals surface area contributed by atoms with Crippen molar-refractivity contribution in [3.05, 3.63) is 0 Å². The van der Waals surface area contributed by atoms with Crippen LogP contribution >= 0.6 is 0 Å². The lowest BCUT2D eigenvalue weighted by Crippen LogP contribution is -2.47. The predicted molar refractivity (Wildman–Crippen MR) is 301 cm³/mol. The Hall–Kier alpha value is -0.400. The van der Waals surface area contributed by atoms with E-state index in [0.717, 1.165) is 64.2 Å². The molecule has 0 amide bonds. The van der Waals surface area contributed by atoms with Crippen molar-refractivity contribution < 1.29 is 47.4 Å². The summed E-state index contributed by atoms with van der Waals surface area (Å²) in [4.78, 5) is 0. The van der Waals surface area contributed by atoms with Gasteiger partial charge < -0.3 is 47.4 Å². The maximum Gasteiger partial charge on any atom is 0.114 e. The maximum atomic E-state index is 6.34. The lowest BCUT2D eigenvalue weighted by atomic mass is 10.1. The van der Waals surface area contributed by atoms with Crippen molar-refractivity contribution in [2.75, 3.05) is 92.5 Å². The van der Waals surface area contributed by atoms with Gasteiger partial charge in [0.15, 0.2) is 0 Å². The van der Waals surface area contributed by atoms with Gasteiger partial charge in [-0.1, -0.05) is 174 Å². The molecule has 0 N–H and O–H groups in total. The molecule has 0 bridgehead atoms. The molecule has 10 heteroatoms. The van der Waals surface area contributed by atoms with Crippen molar-refractivity contribution in [3.8, 4) is 0 Å². The van der Waals surface area contributed by atoms with Gasteiger partial charge in [-0.3, -0.25) is 0 Å². The Morgan fingerprint density at radius 2 is 0.391 bits per heavy atom. The van der Waals surface area contributed by atoms with Gasteiger partial charge in [-0.15, -0.1) is 0 Å². The monoisotopic (exact) mass is 951 g/mol. The van der Waals surface area contributed by atoms with Crippen molar-refractivity contribution in [2.45, 2.75) is 275 Å². The molecule has 0 aromatic carbocycles. The summed E-state index contributed by atoms with van der Waals surface area (Å²) in [6, 6.07) is 0. The molecule has 0 fully saturated rings. The Morgan fingerprint density at radius 1 is 0.219 bits per heavy atom. The smallest absolute Gasteiger partial charge is 0.114 e. The average molecular weight is 952 g/mol. The molecule has 10 nitrogen and oxygen atoms in total. The normalized spacial score (nSPS) is 11.8. The van der Waals surface area contributed by atoms with Crippen molar-refractivity contribution >= 4 is 0 Å². The largest absolute Gasteiger partial charge is 0.379 e. The van der Waals surface area contributed by atoms with Crippen LogP contribution in [-0.2, 0) is 47.4 Å². The average Bonchev–Trinajstić information content (AvgIpc) is 3.10. The summed E-state index contributed by atoms with van der Waals surface area (Å²) in [5.74, 6) is 0. The number of hydrogen-bond donors (Lipinski definition) is 0. The van der Waals surface area contributed by atoms with E-state index in [9.17, 15) is 0 Å². The van der Waals surface area contributed by atoms with Gasteiger partial charge in [0.2, 0.25) is 0 Å². The molecule has 418 valence electrons. The summed E-state index contributed by atoms with van der Waals surface area (Å²) in [6.07, 6.45) is 7.82. The van der Waals surface area contributed by atoms with E-state index in [1.807, 2.05) is 0 Å². The van der Waals surface area contributed by atoms with E-state index in [4.69, 9.17) is 47.4 Å². The molecule has 0 heterocycles. The zero-order valence-electron chi connectivity index (χ0n) is 32.5. The fraction of sp³-hybridized carbons (Fsp3) is 1.00. The van der Waals surface area contributed by atoms with Crippen molar-refractivity contribution in [3.63, 3.8) is 0 Å². The number of rotatable bonds is 39. The van der Waals surface area contributed by atoms with Crippen molar-refractivity contribution in [1.82, 2.24) is 0 Å². The lowest BCUT2D eigenvalue weighted by Gasteiger charge is -2.33. The highest BCUT2D eigenvalue weighted by molar-refractivity contribution is 4.82. The van der Waals surface area contributed by atoms with Gasteiger partial charge in [-0.25, -0.2) is 0 Å². The van der Waals surface area contributed by atoms with Gasteiger partial charge in [0.25, 0.3) is 0 Å². The van der Waals surface area contributed by atoms with Crippen molar-refractivity contribution in [2.24, 2.45) is 0 Å². The van der Waals surface area contributed by atoms with Gasteiger partial charge in [0, 0.05) is 66.1 Å². The zero-order chi connectivity index (χ0) is 35.5. The van der Waals surface area contributed by atoms with E-state index in [1.54, 1.807) is 0 Å². The summed E-state index contributed by atoms with van der Waals surface area (Å²) >= 11 is 0. The maximum absolute atomic E-state index is 6.34. The SMILES string of the molecule is C.C.C.C.C.C.C.C.C.C.C.C.C.C.C.C.CCCOCC(OCCC)C(OCCC)C(COCCCCOCC(OCCC)C(OCCC)C(COCCC)OCCC)OCCC. The minimum Gasteiger partial charge on any atom is -0.379 e. The molecule has 0 aliphatic heterocycles. The zero-order valence-corrected chi connectivity index (χ0v) is 32.5. The molecule has 6 unspecified atom stereocenters. The summed E-state index contributed by atoms with van der Waals surface area (Å²) in [6.45, 7) is 25.3. The van der Waals surface area contributed by atoms with E-state index < -0.39 is 0 Å². The van der Waals surface area contributed by atoms with Gasteiger partial charge in [0.1, 0.15) is 36.6 Å². The molecule has 0 saturated heterocycles. The van der Waals surface area contributed by atoms with Crippen LogP contribution in [0, 0.1) is 0 Å². The number of hydrogen-bond acceptors (Lipinski definition) is 10. The first kappa shape index (κ1) is 115. The minimum absolute atomic E-state index is 0. The minimum atomic E-state index is -0.260. The van der Waals surface area contributed by atoms with Crippen LogP contribution in [-0.4, -0.2) is 129 Å². The second-order valence-corrected chi connectivity index (χ2v) is 12.3. The summed E-state index contributed by atoms with van der Waals surface area (Å²) in [5.41, 5.74) is 0. The summed E-state index contributed by atoms with van der Waals surface area (Å²) in [5, 5.41) is 0. The van der Waals surface area contributed by atoms with Crippen molar-refractivity contribution in [1.29, 1.82) is 0 Å². The van der Waals surface area contributed by atoms with Gasteiger partial charge in [-0.2, -0.15) is 0 Å². The second kappa shape index (κ2) is 89.2. The fourth-order valence-electron chi connectivity index (χ4n) is 4.94. The van der Waals surface area contributed by atoms with Gasteiger partial charge in [-0.05, 0) is 64.2 Å². The molecule has 0 aliphatic carbocycles. The van der Waals surface area contributed by atoms with Crippen LogP contribution in [0.1, 0.15) is 238 Å². The quantitative estimate of drug-likeness (QED) is 0.0555. The first-order valence-electron chi connectivity index (χ1n) is 19.6. The Balaban J connectivity index is -0.0000000920. The van der Waals surface area contributed by atoms with E-state index in [-0.39, 0.29) is 155 Å². The van der Waals surface area contributed by atoms with Crippen LogP contribution in [0.2, 0.25) is 0 Å². The molecule has 0 radical (unpaired) electrons. The van der Waals surface area contributed by atoms with Crippen LogP contribution in [0.3, 0.4) is 0 Å². The summed E-state index contributed by atoms with van der Waals surface area (Å²) in [7, 11) is 0. The third-order valence-corrected chi connectivity index (χ3v) is 7.29. The number of unbranched alkanes of at least 4 members (excludes halogenated alkanes) is 1. The van der Waals surface area contributed by atoms with Crippen LogP contribution in [0.5, 0.6) is 0 Å². The Labute approximate surface area is 413 Å². The molecule has 0 saturated carbocycles. The molecule has 0 aromatic heterocycles. The molecule has 0 rings (SSSR count). The Bertz CT molecular complexity index is 581. The first-order valence-corrected chi connectivity index (χ1v) is 19.6. The topological polar surface area (TPSA) is 92.3 Å². The van der Waals surface area contributed by atoms with Crippen LogP contribution in [0.15, 0.2) is 0 Å². The molecular weight excluding hydrogens is 809 g/mol. The lowest BCUT2D eigenvalue weighted by molar-refractivity contribution is -0.170. The molecule has 0 aromatic rings. The molecule has 0 aliphatic rings. The van der Waals surface area contributed by atoms with E-state index in [2.05, 4.69) is 55.4 Å². The first-order chi connectivity index (χ1) is 23.6. The summed E-state index contributed by atoms with van der Waals surface area (Å²) < 4.78 is 61.9. The van der Waals surface area contributed by atoms with Crippen LogP contribution in [0.25, 0.3) is 0 Å². The van der Waals surface area contributed by atoms with Gasteiger partial charge >= 0.3 is 0 Å². The highest BCUT2D eigenvalue weighted by atomic mass is 16.6. The third-order valence-electron chi connectivity index (χ3n) is 7.29. The highest BCUT2D eigenvalue weighted by Crippen LogP contribution is 2.18. The molecule has 0 spiro atoms.